The first-order chi connectivity index (χ1) is 27.2. The fraction of sp³-hybridized carbons (Fsp3) is 0.372. The quantitative estimate of drug-likeness (QED) is 0.230. The van der Waals surface area contributed by atoms with Crippen LogP contribution in [-0.2, 0) is 9.47 Å². The van der Waals surface area contributed by atoms with E-state index in [4.69, 9.17) is 52.1 Å². The Bertz CT molecular complexity index is 2210. The summed E-state index contributed by atoms with van der Waals surface area (Å²) in [6, 6.07) is 17.0. The van der Waals surface area contributed by atoms with Gasteiger partial charge in [0.1, 0.15) is 46.9 Å². The number of hydrogen-bond acceptors (Lipinski definition) is 13. The molecule has 56 heavy (non-hydrogen) atoms. The third-order valence-corrected chi connectivity index (χ3v) is 11.4. The van der Waals surface area contributed by atoms with Gasteiger partial charge in [0.2, 0.25) is 13.6 Å². The van der Waals surface area contributed by atoms with Crippen LogP contribution in [-0.4, -0.2) is 70.2 Å². The topological polar surface area (TPSA) is 139 Å². The van der Waals surface area contributed by atoms with Crippen LogP contribution in [0.15, 0.2) is 60.7 Å². The molecule has 2 fully saturated rings. The fourth-order valence-electron chi connectivity index (χ4n) is 8.69. The van der Waals surface area contributed by atoms with Gasteiger partial charge in [-0.05, 0) is 67.5 Å². The Morgan fingerprint density at radius 2 is 1.30 bits per heavy atom. The minimum absolute atomic E-state index is 0.0218. The molecule has 0 radical (unpaired) electrons. The summed E-state index contributed by atoms with van der Waals surface area (Å²) >= 11 is 0. The first kappa shape index (κ1) is 34.7. The molecule has 0 spiro atoms. The van der Waals surface area contributed by atoms with Crippen LogP contribution in [0.2, 0.25) is 0 Å². The maximum Gasteiger partial charge on any atom is 0.231 e. The van der Waals surface area contributed by atoms with Gasteiger partial charge in [-0.3, -0.25) is 4.79 Å². The highest BCUT2D eigenvalue weighted by molar-refractivity contribution is 6.08. The number of ketones is 1. The van der Waals surface area contributed by atoms with Crippen molar-refractivity contribution in [2.24, 2.45) is 11.8 Å². The number of carbonyl (C=O) groups is 1. The van der Waals surface area contributed by atoms with Crippen molar-refractivity contribution >= 4 is 11.9 Å². The molecule has 0 amide bonds. The van der Waals surface area contributed by atoms with Crippen molar-refractivity contribution in [3.63, 3.8) is 0 Å². The van der Waals surface area contributed by atoms with Crippen LogP contribution in [0.3, 0.4) is 0 Å². The second-order valence-electron chi connectivity index (χ2n) is 15.2. The van der Waals surface area contributed by atoms with Crippen molar-refractivity contribution in [2.45, 2.75) is 43.7 Å². The molecule has 6 atom stereocenters. The zero-order chi connectivity index (χ0) is 38.3. The molecular formula is C43H40O13. The van der Waals surface area contributed by atoms with E-state index in [1.54, 1.807) is 19.2 Å². The van der Waals surface area contributed by atoms with Crippen LogP contribution in [0, 0.1) is 11.8 Å². The summed E-state index contributed by atoms with van der Waals surface area (Å²) in [4.78, 5) is 13.6. The normalized spacial score (nSPS) is 26.2. The molecule has 0 bridgehead atoms. The predicted octanol–water partition coefficient (Wildman–Crippen LogP) is 6.93. The van der Waals surface area contributed by atoms with Gasteiger partial charge in [-0.2, -0.15) is 0 Å². The molecule has 0 aromatic heterocycles. The zero-order valence-corrected chi connectivity index (χ0v) is 31.2. The number of phenols is 1. The van der Waals surface area contributed by atoms with E-state index >= 15 is 0 Å². The molecule has 290 valence electrons. The lowest BCUT2D eigenvalue weighted by atomic mass is 9.80. The van der Waals surface area contributed by atoms with E-state index in [0.717, 1.165) is 34.1 Å². The predicted molar refractivity (Wildman–Crippen MR) is 198 cm³/mol. The van der Waals surface area contributed by atoms with Crippen LogP contribution in [0.1, 0.15) is 64.6 Å². The van der Waals surface area contributed by atoms with Crippen molar-refractivity contribution in [3.05, 3.63) is 88.5 Å². The number of aromatic hydroxyl groups is 1. The zero-order valence-electron chi connectivity index (χ0n) is 31.2. The smallest absolute Gasteiger partial charge is 0.231 e. The van der Waals surface area contributed by atoms with Gasteiger partial charge in [-0.15, -0.1) is 0 Å². The van der Waals surface area contributed by atoms with E-state index < -0.39 is 17.6 Å². The monoisotopic (exact) mass is 764 g/mol. The number of fused-ring (bicyclic) bond motifs is 9. The summed E-state index contributed by atoms with van der Waals surface area (Å²) in [6.45, 7) is 5.96. The van der Waals surface area contributed by atoms with Crippen LogP contribution < -0.4 is 42.6 Å². The number of benzene rings is 4. The third kappa shape index (κ3) is 5.63. The van der Waals surface area contributed by atoms with E-state index in [9.17, 15) is 9.90 Å². The molecule has 6 unspecified atom stereocenters. The molecular weight excluding hydrogens is 724 g/mol. The highest BCUT2D eigenvalue weighted by Gasteiger charge is 2.49. The average molecular weight is 765 g/mol. The number of methoxy groups -OCH3 is 2. The van der Waals surface area contributed by atoms with Gasteiger partial charge in [0, 0.05) is 29.5 Å². The molecule has 4 aromatic carbocycles. The molecule has 4 aromatic rings. The first-order valence-electron chi connectivity index (χ1n) is 18.6. The van der Waals surface area contributed by atoms with Crippen molar-refractivity contribution in [1.82, 2.24) is 0 Å². The highest BCUT2D eigenvalue weighted by atomic mass is 16.7. The number of carbonyl (C=O) groups excluding carboxylic acids is 1. The standard InChI is InChI=1S/C23H22O7.C20H18O6/c1-23(2)6-5-11-15(30-23)8-13(24)20-21(25)19-12-7-16(26-3)17(27-4)9-14(12)28-10-18(19)29-22(11)20;1-3-15-17(25-9-23-15)5-11(1)19-13-7-22-20(14(13)8-21-19)12-2-4-16-18(6-12)26-10-24-16/h5-9,18-19,24H,10H2,1-4H3;1-6,13-14,19-20H,7-10H2. The molecule has 7 heterocycles. The maximum atomic E-state index is 13.6. The molecule has 7 aliphatic heterocycles. The number of hydrogen-bond donors (Lipinski definition) is 1. The van der Waals surface area contributed by atoms with Gasteiger partial charge < -0.3 is 57.2 Å². The lowest BCUT2D eigenvalue weighted by Crippen LogP contribution is -2.43. The first-order valence-corrected chi connectivity index (χ1v) is 18.6. The van der Waals surface area contributed by atoms with Crippen LogP contribution >= 0.6 is 0 Å². The van der Waals surface area contributed by atoms with E-state index in [0.29, 0.717) is 64.9 Å². The Morgan fingerprint density at radius 1 is 0.696 bits per heavy atom. The lowest BCUT2D eigenvalue weighted by Gasteiger charge is -2.39. The van der Waals surface area contributed by atoms with Crippen LogP contribution in [0.25, 0.3) is 6.08 Å². The summed E-state index contributed by atoms with van der Waals surface area (Å²) in [7, 11) is 3.07. The van der Waals surface area contributed by atoms with Crippen LogP contribution in [0.4, 0.5) is 0 Å². The number of rotatable bonds is 4. The Kier molecular flexibility index (Phi) is 8.15. The Hall–Kier alpha value is -5.79. The molecule has 0 aliphatic carbocycles. The Balaban J connectivity index is 0.000000138. The highest BCUT2D eigenvalue weighted by Crippen LogP contribution is 2.54. The Labute approximate surface area is 322 Å². The van der Waals surface area contributed by atoms with E-state index in [1.807, 2.05) is 50.3 Å². The van der Waals surface area contributed by atoms with Gasteiger partial charge in [-0.25, -0.2) is 0 Å². The summed E-state index contributed by atoms with van der Waals surface area (Å²) in [5.74, 6) is 5.17. The van der Waals surface area contributed by atoms with E-state index in [2.05, 4.69) is 12.1 Å². The van der Waals surface area contributed by atoms with Gasteiger partial charge in [0.25, 0.3) is 0 Å². The summed E-state index contributed by atoms with van der Waals surface area (Å²) < 4.78 is 63.0. The fourth-order valence-corrected chi connectivity index (χ4v) is 8.69. The van der Waals surface area contributed by atoms with Crippen LogP contribution in [0.5, 0.6) is 57.5 Å². The minimum Gasteiger partial charge on any atom is -0.507 e. The second kappa shape index (κ2) is 13.2. The maximum absolute atomic E-state index is 13.6. The molecule has 7 aliphatic rings. The van der Waals surface area contributed by atoms with Crippen molar-refractivity contribution in [3.8, 4) is 57.5 Å². The van der Waals surface area contributed by atoms with Gasteiger partial charge in [-0.1, -0.05) is 12.1 Å². The summed E-state index contributed by atoms with van der Waals surface area (Å²) in [5.41, 5.74) is 3.17. The van der Waals surface area contributed by atoms with Crippen molar-refractivity contribution in [1.29, 1.82) is 0 Å². The third-order valence-electron chi connectivity index (χ3n) is 11.4. The number of ether oxygens (including phenoxy) is 11. The molecule has 0 saturated carbocycles. The molecule has 11 rings (SSSR count). The average Bonchev–Trinajstić information content (AvgIpc) is 4.02. The van der Waals surface area contributed by atoms with Crippen molar-refractivity contribution < 1.29 is 62.0 Å². The SMILES string of the molecule is COc1cc2c(cc1OC)C1C(=O)c3c(O)cc4c(c3OC1CO2)C=CC(C)(C)O4.c1cc2c(cc1C1OCC3C(c4ccc5c(c4)OCO5)OCC13)OCO2. The number of phenolic OH excluding ortho intramolecular Hbond substituents is 1. The lowest BCUT2D eigenvalue weighted by molar-refractivity contribution is 0.0192. The van der Waals surface area contributed by atoms with E-state index in [1.165, 1.54) is 13.2 Å². The van der Waals surface area contributed by atoms with Gasteiger partial charge in [0.15, 0.2) is 40.3 Å². The van der Waals surface area contributed by atoms with Gasteiger partial charge in [0.05, 0.1) is 51.1 Å². The second-order valence-corrected chi connectivity index (χ2v) is 15.2. The minimum atomic E-state index is -0.630. The van der Waals surface area contributed by atoms with E-state index in [-0.39, 0.29) is 49.5 Å². The largest absolute Gasteiger partial charge is 0.507 e. The molecule has 13 nitrogen and oxygen atoms in total. The number of Topliss-reactive ketones (excluding diaryl/α,β-unsaturated/α-hetero) is 1. The summed E-state index contributed by atoms with van der Waals surface area (Å²) in [6.07, 6.45) is 3.28. The summed E-state index contributed by atoms with van der Waals surface area (Å²) in [5, 5.41) is 10.7. The molecule has 1 N–H and O–H groups in total. The Morgan fingerprint density at radius 3 is 1.93 bits per heavy atom. The van der Waals surface area contributed by atoms with Crippen molar-refractivity contribution in [2.75, 3.05) is 47.6 Å². The molecule has 2 saturated heterocycles. The van der Waals surface area contributed by atoms with Gasteiger partial charge >= 0.3 is 0 Å². The molecule has 13 heteroatoms.